The molecule has 0 radical (unpaired) electrons. The van der Waals surface area contributed by atoms with Crippen LogP contribution in [0.1, 0.15) is 12.5 Å². The minimum Gasteiger partial charge on any atom is -0.383 e. The van der Waals surface area contributed by atoms with Gasteiger partial charge in [-0.3, -0.25) is 0 Å². The molecule has 1 aromatic rings. The van der Waals surface area contributed by atoms with E-state index >= 15 is 0 Å². The Morgan fingerprint density at radius 1 is 1.50 bits per heavy atom. The zero-order chi connectivity index (χ0) is 9.14. The van der Waals surface area contributed by atoms with Crippen molar-refractivity contribution in [2.45, 2.75) is 19.4 Å². The summed E-state index contributed by atoms with van der Waals surface area (Å²) >= 11 is 0. The molecule has 0 bridgehead atoms. The summed E-state index contributed by atoms with van der Waals surface area (Å²) in [7, 11) is 0. The Morgan fingerprint density at radius 3 is 2.67 bits per heavy atom. The van der Waals surface area contributed by atoms with Crippen LogP contribution in [-0.2, 0) is 6.42 Å². The van der Waals surface area contributed by atoms with Crippen LogP contribution >= 0.6 is 0 Å². The Balaban J connectivity index is 2.86. The highest BCUT2D eigenvalue weighted by molar-refractivity contribution is 5.41. The molecule has 1 heterocycles. The summed E-state index contributed by atoms with van der Waals surface area (Å²) in [4.78, 5) is 7.64. The minimum atomic E-state index is 0.0551. The third-order valence-corrected chi connectivity index (χ3v) is 1.46. The quantitative estimate of drug-likeness (QED) is 0.552. The van der Waals surface area contributed by atoms with Gasteiger partial charge in [-0.15, -0.1) is 0 Å². The van der Waals surface area contributed by atoms with Crippen molar-refractivity contribution in [2.24, 2.45) is 5.73 Å². The molecule has 0 saturated carbocycles. The smallest absolute Gasteiger partial charge is 0.221 e. The van der Waals surface area contributed by atoms with Gasteiger partial charge in [-0.2, -0.15) is 4.98 Å². The van der Waals surface area contributed by atoms with E-state index in [1.807, 2.05) is 6.92 Å². The van der Waals surface area contributed by atoms with E-state index in [0.29, 0.717) is 12.2 Å². The van der Waals surface area contributed by atoms with E-state index in [-0.39, 0.29) is 12.0 Å². The van der Waals surface area contributed by atoms with Crippen LogP contribution in [0.25, 0.3) is 0 Å². The number of rotatable bonds is 2. The van der Waals surface area contributed by atoms with E-state index in [1.54, 1.807) is 6.20 Å². The van der Waals surface area contributed by atoms with Crippen molar-refractivity contribution in [3.8, 4) is 0 Å². The predicted octanol–water partition coefficient (Wildman–Crippen LogP) is -0.469. The molecule has 1 aromatic heterocycles. The third kappa shape index (κ3) is 2.06. The van der Waals surface area contributed by atoms with Gasteiger partial charge < -0.3 is 17.2 Å². The van der Waals surface area contributed by atoms with Gasteiger partial charge in [0.05, 0.1) is 0 Å². The van der Waals surface area contributed by atoms with E-state index < -0.39 is 0 Å². The van der Waals surface area contributed by atoms with Crippen molar-refractivity contribution in [3.63, 3.8) is 0 Å². The maximum Gasteiger partial charge on any atom is 0.221 e. The number of nitrogen functional groups attached to an aromatic ring is 2. The van der Waals surface area contributed by atoms with Crippen molar-refractivity contribution in [1.29, 1.82) is 0 Å². The first-order chi connectivity index (χ1) is 5.59. The molecule has 5 heteroatoms. The molecule has 0 aromatic carbocycles. The van der Waals surface area contributed by atoms with Crippen molar-refractivity contribution >= 4 is 11.8 Å². The topological polar surface area (TPSA) is 104 Å². The molecule has 1 unspecified atom stereocenters. The molecule has 0 fully saturated rings. The molecule has 0 aliphatic rings. The SMILES string of the molecule is CC(N)Cc1cnc(N)nc1N. The zero-order valence-electron chi connectivity index (χ0n) is 6.99. The summed E-state index contributed by atoms with van der Waals surface area (Å²) in [6, 6.07) is 0.0551. The first-order valence-corrected chi connectivity index (χ1v) is 3.72. The largest absolute Gasteiger partial charge is 0.383 e. The molecular formula is C7H13N5. The van der Waals surface area contributed by atoms with Gasteiger partial charge in [0.2, 0.25) is 5.95 Å². The molecule has 0 saturated heterocycles. The fourth-order valence-corrected chi connectivity index (χ4v) is 0.938. The lowest BCUT2D eigenvalue weighted by Gasteiger charge is -2.06. The average molecular weight is 167 g/mol. The number of nitrogens with zero attached hydrogens (tertiary/aromatic N) is 2. The second-order valence-electron chi connectivity index (χ2n) is 2.82. The van der Waals surface area contributed by atoms with E-state index in [4.69, 9.17) is 17.2 Å². The monoisotopic (exact) mass is 167 g/mol. The van der Waals surface area contributed by atoms with Crippen LogP contribution in [0.15, 0.2) is 6.20 Å². The molecule has 1 atom stereocenters. The van der Waals surface area contributed by atoms with Crippen LogP contribution in [0.3, 0.4) is 0 Å². The molecule has 0 aliphatic heterocycles. The number of anilines is 2. The minimum absolute atomic E-state index is 0.0551. The fourth-order valence-electron chi connectivity index (χ4n) is 0.938. The predicted molar refractivity (Wildman–Crippen MR) is 48.2 cm³/mol. The van der Waals surface area contributed by atoms with E-state index in [2.05, 4.69) is 9.97 Å². The molecule has 5 nitrogen and oxygen atoms in total. The van der Waals surface area contributed by atoms with Gasteiger partial charge in [-0.05, 0) is 13.3 Å². The Hall–Kier alpha value is -1.36. The summed E-state index contributed by atoms with van der Waals surface area (Å²) in [5, 5.41) is 0. The second-order valence-corrected chi connectivity index (χ2v) is 2.82. The molecule has 12 heavy (non-hydrogen) atoms. The van der Waals surface area contributed by atoms with E-state index in [0.717, 1.165) is 5.56 Å². The van der Waals surface area contributed by atoms with Gasteiger partial charge in [0.15, 0.2) is 0 Å². The number of nitrogens with two attached hydrogens (primary N) is 3. The van der Waals surface area contributed by atoms with Crippen molar-refractivity contribution in [1.82, 2.24) is 9.97 Å². The van der Waals surface area contributed by atoms with Crippen LogP contribution in [0.5, 0.6) is 0 Å². The summed E-state index contributed by atoms with van der Waals surface area (Å²) in [6.45, 7) is 1.90. The van der Waals surface area contributed by atoms with Gasteiger partial charge in [0, 0.05) is 17.8 Å². The highest BCUT2D eigenvalue weighted by atomic mass is 15.0. The third-order valence-electron chi connectivity index (χ3n) is 1.46. The first-order valence-electron chi connectivity index (χ1n) is 3.72. The number of aromatic nitrogens is 2. The van der Waals surface area contributed by atoms with Gasteiger partial charge in [0.1, 0.15) is 5.82 Å². The Bertz CT molecular complexity index is 270. The van der Waals surface area contributed by atoms with Crippen LogP contribution in [0.4, 0.5) is 11.8 Å². The van der Waals surface area contributed by atoms with Crippen LogP contribution in [-0.4, -0.2) is 16.0 Å². The normalized spacial score (nSPS) is 12.8. The Labute approximate surface area is 71.0 Å². The lowest BCUT2D eigenvalue weighted by Crippen LogP contribution is -2.19. The highest BCUT2D eigenvalue weighted by Crippen LogP contribution is 2.09. The Morgan fingerprint density at radius 2 is 2.17 bits per heavy atom. The number of hydrogen-bond donors (Lipinski definition) is 3. The van der Waals surface area contributed by atoms with Crippen molar-refractivity contribution in [3.05, 3.63) is 11.8 Å². The van der Waals surface area contributed by atoms with Crippen molar-refractivity contribution < 1.29 is 0 Å². The van der Waals surface area contributed by atoms with Gasteiger partial charge >= 0.3 is 0 Å². The average Bonchev–Trinajstić information content (AvgIpc) is 1.94. The summed E-state index contributed by atoms with van der Waals surface area (Å²) < 4.78 is 0. The molecule has 1 rings (SSSR count). The first kappa shape index (κ1) is 8.73. The second kappa shape index (κ2) is 3.36. The maximum atomic E-state index is 5.59. The van der Waals surface area contributed by atoms with Gasteiger partial charge in [0.25, 0.3) is 0 Å². The molecule has 66 valence electrons. The standard InChI is InChI=1S/C7H13N5/c1-4(8)2-5-3-11-7(10)12-6(5)9/h3-4H,2,8H2,1H3,(H4,9,10,11,12). The number of hydrogen-bond acceptors (Lipinski definition) is 5. The van der Waals surface area contributed by atoms with Crippen molar-refractivity contribution in [2.75, 3.05) is 11.5 Å². The summed E-state index contributed by atoms with van der Waals surface area (Å²) in [6.07, 6.45) is 2.28. The van der Waals surface area contributed by atoms with Crippen LogP contribution < -0.4 is 17.2 Å². The summed E-state index contributed by atoms with van der Waals surface area (Å²) in [5.41, 5.74) is 17.3. The molecule has 6 N–H and O–H groups in total. The van der Waals surface area contributed by atoms with Gasteiger partial charge in [-0.25, -0.2) is 4.98 Å². The van der Waals surface area contributed by atoms with Gasteiger partial charge in [-0.1, -0.05) is 0 Å². The maximum absolute atomic E-state index is 5.59. The Kier molecular flexibility index (Phi) is 2.44. The summed E-state index contributed by atoms with van der Waals surface area (Å²) in [5.74, 6) is 0.612. The van der Waals surface area contributed by atoms with E-state index in [1.165, 1.54) is 0 Å². The molecular weight excluding hydrogens is 154 g/mol. The lowest BCUT2D eigenvalue weighted by atomic mass is 10.1. The zero-order valence-corrected chi connectivity index (χ0v) is 6.99. The van der Waals surface area contributed by atoms with Crippen LogP contribution in [0.2, 0.25) is 0 Å². The fraction of sp³-hybridized carbons (Fsp3) is 0.429. The highest BCUT2D eigenvalue weighted by Gasteiger charge is 2.04. The molecule has 0 amide bonds. The van der Waals surface area contributed by atoms with Crippen LogP contribution in [0, 0.1) is 0 Å². The van der Waals surface area contributed by atoms with E-state index in [9.17, 15) is 0 Å². The molecule has 0 aliphatic carbocycles. The molecule has 0 spiro atoms. The lowest BCUT2D eigenvalue weighted by molar-refractivity contribution is 0.735.